The van der Waals surface area contributed by atoms with Crippen molar-refractivity contribution in [2.75, 3.05) is 45.6 Å². The number of ether oxygens (including phenoxy) is 1. The fourth-order valence-electron chi connectivity index (χ4n) is 5.33. The van der Waals surface area contributed by atoms with Gasteiger partial charge in [0.1, 0.15) is 11.3 Å². The molecule has 6 rings (SSSR count). The van der Waals surface area contributed by atoms with Crippen molar-refractivity contribution in [3.63, 3.8) is 0 Å². The number of morpholine rings is 1. The van der Waals surface area contributed by atoms with Crippen molar-refractivity contribution >= 4 is 32.7 Å². The summed E-state index contributed by atoms with van der Waals surface area (Å²) in [6.45, 7) is 5.97. The van der Waals surface area contributed by atoms with Gasteiger partial charge in [-0.2, -0.15) is 9.40 Å². The minimum absolute atomic E-state index is 0.302. The van der Waals surface area contributed by atoms with Gasteiger partial charge in [-0.25, -0.2) is 13.4 Å². The molecule has 0 aliphatic carbocycles. The molecule has 0 atom stereocenters. The van der Waals surface area contributed by atoms with Crippen LogP contribution in [-0.2, 0) is 34.3 Å². The Bertz CT molecular complexity index is 1710. The van der Waals surface area contributed by atoms with E-state index in [1.54, 1.807) is 0 Å². The highest BCUT2D eigenvalue weighted by Crippen LogP contribution is 2.33. The van der Waals surface area contributed by atoms with Crippen molar-refractivity contribution < 1.29 is 13.2 Å². The first-order valence-electron chi connectivity index (χ1n) is 13.4. The molecule has 9 nitrogen and oxygen atoms in total. The normalized spacial score (nSPS) is 16.6. The molecule has 3 aromatic heterocycles. The molecule has 1 aromatic carbocycles. The van der Waals surface area contributed by atoms with Crippen molar-refractivity contribution in [2.24, 2.45) is 0 Å². The molecule has 0 radical (unpaired) electrons. The Morgan fingerprint density at radius 1 is 1.07 bits per heavy atom. The third-order valence-corrected chi connectivity index (χ3v) is 9.07. The summed E-state index contributed by atoms with van der Waals surface area (Å²) < 4.78 is 33.9. The first-order valence-corrected chi connectivity index (χ1v) is 15.7. The molecule has 2 aliphatic heterocycles. The van der Waals surface area contributed by atoms with Crippen LogP contribution in [0.4, 0.5) is 0 Å². The molecule has 4 aromatic rings. The Morgan fingerprint density at radius 2 is 1.93 bits per heavy atom. The molecular formula is C29H31ClN6O3S. The van der Waals surface area contributed by atoms with Gasteiger partial charge in [-0.05, 0) is 42.7 Å². The van der Waals surface area contributed by atoms with E-state index in [-0.39, 0.29) is 0 Å². The third kappa shape index (κ3) is 5.80. The number of H-pyrrole nitrogens is 1. The molecule has 1 saturated heterocycles. The quantitative estimate of drug-likeness (QED) is 0.352. The van der Waals surface area contributed by atoms with E-state index in [1.807, 2.05) is 42.6 Å². The second-order valence-corrected chi connectivity index (χ2v) is 12.6. The van der Waals surface area contributed by atoms with Gasteiger partial charge in [0.05, 0.1) is 30.2 Å². The van der Waals surface area contributed by atoms with E-state index in [1.165, 1.54) is 10.6 Å². The van der Waals surface area contributed by atoms with Gasteiger partial charge < -0.3 is 9.72 Å². The lowest BCUT2D eigenvalue weighted by Crippen LogP contribution is -2.37. The Hall–Kier alpha value is -3.20. The number of aromatic amines is 1. The van der Waals surface area contributed by atoms with E-state index in [0.29, 0.717) is 35.8 Å². The zero-order chi connectivity index (χ0) is 27.7. The van der Waals surface area contributed by atoms with Crippen molar-refractivity contribution in [3.8, 4) is 23.1 Å². The van der Waals surface area contributed by atoms with Gasteiger partial charge in [0.2, 0.25) is 10.0 Å². The van der Waals surface area contributed by atoms with Gasteiger partial charge in [-0.15, -0.1) is 0 Å². The number of halogens is 1. The van der Waals surface area contributed by atoms with Gasteiger partial charge in [0.15, 0.2) is 0 Å². The van der Waals surface area contributed by atoms with Gasteiger partial charge in [-0.1, -0.05) is 23.6 Å². The molecule has 208 valence electrons. The molecule has 0 saturated carbocycles. The number of sulfonamides is 1. The Balaban J connectivity index is 1.31. The smallest absolute Gasteiger partial charge is 0.211 e. The van der Waals surface area contributed by atoms with Crippen LogP contribution in [0.2, 0.25) is 5.02 Å². The zero-order valence-electron chi connectivity index (χ0n) is 22.4. The monoisotopic (exact) mass is 578 g/mol. The van der Waals surface area contributed by atoms with Crippen molar-refractivity contribution in [3.05, 3.63) is 70.1 Å². The second kappa shape index (κ2) is 11.4. The Kier molecular flexibility index (Phi) is 7.66. The molecular weight excluding hydrogens is 548 g/mol. The van der Waals surface area contributed by atoms with E-state index in [2.05, 4.69) is 31.4 Å². The predicted molar refractivity (Wildman–Crippen MR) is 156 cm³/mol. The fourth-order valence-corrected chi connectivity index (χ4v) is 6.29. The lowest BCUT2D eigenvalue weighted by atomic mass is 10.0. The maximum absolute atomic E-state index is 12.4. The summed E-state index contributed by atoms with van der Waals surface area (Å²) in [5.41, 5.74) is 5.78. The van der Waals surface area contributed by atoms with Crippen LogP contribution < -0.4 is 0 Å². The summed E-state index contributed by atoms with van der Waals surface area (Å²) in [6.07, 6.45) is 4.69. The number of aromatic nitrogens is 4. The molecule has 0 spiro atoms. The SMILES string of the molecule is CS(=O)(=O)N1CCc2c(c(-c3ccc(Cl)c(C#Cc4ccc5cc[nH]c5n4)c3)nn2CCCN2CCOCC2)C1. The molecule has 0 unspecified atom stereocenters. The number of hydrogen-bond acceptors (Lipinski definition) is 6. The van der Waals surface area contributed by atoms with E-state index >= 15 is 0 Å². The number of aryl methyl sites for hydroxylation is 1. The van der Waals surface area contributed by atoms with Gasteiger partial charge in [0, 0.05) is 79.7 Å². The Labute approximate surface area is 239 Å². The third-order valence-electron chi connectivity index (χ3n) is 7.49. The number of pyridine rings is 1. The predicted octanol–water partition coefficient (Wildman–Crippen LogP) is 3.52. The molecule has 1 fully saturated rings. The maximum atomic E-state index is 12.4. The van der Waals surface area contributed by atoms with Crippen molar-refractivity contribution in [2.45, 2.75) is 25.9 Å². The maximum Gasteiger partial charge on any atom is 0.211 e. The van der Waals surface area contributed by atoms with Crippen molar-refractivity contribution in [1.82, 2.24) is 29.0 Å². The number of fused-ring (bicyclic) bond motifs is 2. The largest absolute Gasteiger partial charge is 0.379 e. The topological polar surface area (TPSA) is 96.3 Å². The summed E-state index contributed by atoms with van der Waals surface area (Å²) in [6, 6.07) is 11.5. The van der Waals surface area contributed by atoms with Crippen LogP contribution in [0, 0.1) is 11.8 Å². The highest BCUT2D eigenvalue weighted by molar-refractivity contribution is 7.88. The summed E-state index contributed by atoms with van der Waals surface area (Å²) in [5, 5.41) is 6.59. The molecule has 40 heavy (non-hydrogen) atoms. The first-order chi connectivity index (χ1) is 19.3. The molecule has 1 N–H and O–H groups in total. The lowest BCUT2D eigenvalue weighted by molar-refractivity contribution is 0.0368. The number of hydrogen-bond donors (Lipinski definition) is 1. The van der Waals surface area contributed by atoms with Gasteiger partial charge >= 0.3 is 0 Å². The molecule has 0 bridgehead atoms. The van der Waals surface area contributed by atoms with Crippen LogP contribution in [0.1, 0.15) is 28.9 Å². The van der Waals surface area contributed by atoms with Crippen LogP contribution >= 0.6 is 11.6 Å². The van der Waals surface area contributed by atoms with E-state index in [9.17, 15) is 8.42 Å². The average Bonchev–Trinajstić information content (AvgIpc) is 3.57. The number of benzene rings is 1. The highest BCUT2D eigenvalue weighted by atomic mass is 35.5. The molecule has 11 heteroatoms. The summed E-state index contributed by atoms with van der Waals surface area (Å²) in [5.74, 6) is 6.30. The second-order valence-electron chi connectivity index (χ2n) is 10.2. The minimum Gasteiger partial charge on any atom is -0.379 e. The number of nitrogens with one attached hydrogen (secondary N) is 1. The van der Waals surface area contributed by atoms with Crippen LogP contribution in [0.25, 0.3) is 22.3 Å². The van der Waals surface area contributed by atoms with E-state index in [4.69, 9.17) is 21.4 Å². The highest BCUT2D eigenvalue weighted by Gasteiger charge is 2.30. The van der Waals surface area contributed by atoms with Crippen LogP contribution in [0.15, 0.2) is 42.6 Å². The molecule has 2 aliphatic rings. The molecule has 5 heterocycles. The summed E-state index contributed by atoms with van der Waals surface area (Å²) >= 11 is 6.55. The van der Waals surface area contributed by atoms with Crippen LogP contribution in [0.5, 0.6) is 0 Å². The van der Waals surface area contributed by atoms with E-state index < -0.39 is 10.0 Å². The zero-order valence-corrected chi connectivity index (χ0v) is 23.9. The van der Waals surface area contributed by atoms with Crippen LogP contribution in [-0.4, -0.2) is 83.0 Å². The summed E-state index contributed by atoms with van der Waals surface area (Å²) in [4.78, 5) is 10.1. The van der Waals surface area contributed by atoms with Crippen molar-refractivity contribution in [1.29, 1.82) is 0 Å². The average molecular weight is 579 g/mol. The fraction of sp³-hybridized carbons (Fsp3) is 0.379. The minimum atomic E-state index is -3.33. The van der Waals surface area contributed by atoms with Crippen LogP contribution in [0.3, 0.4) is 0 Å². The molecule has 0 amide bonds. The van der Waals surface area contributed by atoms with Gasteiger partial charge in [0.25, 0.3) is 0 Å². The number of rotatable bonds is 6. The lowest BCUT2D eigenvalue weighted by Gasteiger charge is -2.27. The first kappa shape index (κ1) is 27.0. The standard InChI is InChI=1S/C29H31ClN6O3S/c1-40(37,38)35-14-10-27-25(20-35)28(33-36(27)13-2-12-34-15-17-39-18-16-34)23-5-8-26(30)22(19-23)4-7-24-6-3-21-9-11-31-29(21)32-24/h3,5-6,8-9,11,19H,2,10,12-18,20H2,1H3,(H,31,32). The van der Waals surface area contributed by atoms with Gasteiger partial charge in [-0.3, -0.25) is 9.58 Å². The number of nitrogens with zero attached hydrogens (tertiary/aromatic N) is 5. The van der Waals surface area contributed by atoms with E-state index in [0.717, 1.165) is 79.4 Å². The Morgan fingerprint density at radius 3 is 2.75 bits per heavy atom. The summed E-state index contributed by atoms with van der Waals surface area (Å²) in [7, 11) is -3.33.